The van der Waals surface area contributed by atoms with Crippen LogP contribution in [0.4, 0.5) is 10.1 Å². The molecule has 2 atom stereocenters. The van der Waals surface area contributed by atoms with E-state index in [1.54, 1.807) is 12.1 Å². The molecule has 0 bridgehead atoms. The Hall–Kier alpha value is -1.09. The van der Waals surface area contributed by atoms with Crippen molar-refractivity contribution >= 4 is 5.69 Å². The van der Waals surface area contributed by atoms with E-state index < -0.39 is 0 Å². The van der Waals surface area contributed by atoms with Gasteiger partial charge in [0.1, 0.15) is 5.82 Å². The molecule has 100 valence electrons. The Balaban J connectivity index is 1.98. The highest BCUT2D eigenvalue weighted by Gasteiger charge is 2.20. The zero-order valence-electron chi connectivity index (χ0n) is 11.3. The average Bonchev–Trinajstić information content (AvgIpc) is 2.37. The van der Waals surface area contributed by atoms with Crippen LogP contribution in [0.25, 0.3) is 0 Å². The smallest absolute Gasteiger partial charge is 0.123 e. The van der Waals surface area contributed by atoms with Crippen LogP contribution in [0, 0.1) is 11.7 Å². The summed E-state index contributed by atoms with van der Waals surface area (Å²) in [4.78, 5) is 2.35. The average molecular weight is 250 g/mol. The summed E-state index contributed by atoms with van der Waals surface area (Å²) in [6.07, 6.45) is 2.47. The molecule has 1 N–H and O–H groups in total. The fourth-order valence-corrected chi connectivity index (χ4v) is 2.78. The van der Waals surface area contributed by atoms with Crippen LogP contribution >= 0.6 is 0 Å². The van der Waals surface area contributed by atoms with Crippen molar-refractivity contribution in [1.29, 1.82) is 0 Å². The zero-order chi connectivity index (χ0) is 13.0. The van der Waals surface area contributed by atoms with Gasteiger partial charge in [-0.1, -0.05) is 0 Å². The molecule has 1 aromatic carbocycles. The van der Waals surface area contributed by atoms with E-state index in [0.29, 0.717) is 6.04 Å². The largest absolute Gasteiger partial charge is 0.372 e. The molecule has 1 saturated heterocycles. The third-order valence-electron chi connectivity index (χ3n) is 3.78. The number of halogens is 1. The number of nitrogens with zero attached hydrogens (tertiary/aromatic N) is 1. The van der Waals surface area contributed by atoms with Crippen LogP contribution in [0.2, 0.25) is 0 Å². The van der Waals surface area contributed by atoms with Crippen LogP contribution in [0.3, 0.4) is 0 Å². The normalized spacial score (nSPS) is 23.9. The van der Waals surface area contributed by atoms with Crippen molar-refractivity contribution < 1.29 is 4.39 Å². The van der Waals surface area contributed by atoms with E-state index in [0.717, 1.165) is 31.2 Å². The lowest BCUT2D eigenvalue weighted by atomic mass is 9.92. The maximum absolute atomic E-state index is 12.9. The van der Waals surface area contributed by atoms with Crippen LogP contribution in [0.5, 0.6) is 0 Å². The molecule has 0 spiro atoms. The van der Waals surface area contributed by atoms with E-state index in [1.807, 2.05) is 12.1 Å². The van der Waals surface area contributed by atoms with E-state index >= 15 is 0 Å². The molecule has 1 aliphatic heterocycles. The molecule has 2 nitrogen and oxygen atoms in total. The summed E-state index contributed by atoms with van der Waals surface area (Å²) in [5.41, 5.74) is 1.13. The molecule has 18 heavy (non-hydrogen) atoms. The zero-order valence-corrected chi connectivity index (χ0v) is 11.3. The van der Waals surface area contributed by atoms with Crippen molar-refractivity contribution in [3.05, 3.63) is 30.1 Å². The SMILES string of the molecule is CCN(CC1CCNC(C)C1)c1ccc(F)cc1. The molecule has 0 aliphatic carbocycles. The Morgan fingerprint density at radius 3 is 2.67 bits per heavy atom. The van der Waals surface area contributed by atoms with Gasteiger partial charge >= 0.3 is 0 Å². The van der Waals surface area contributed by atoms with Gasteiger partial charge in [-0.15, -0.1) is 0 Å². The van der Waals surface area contributed by atoms with Gasteiger partial charge in [-0.05, 0) is 63.4 Å². The Bertz CT molecular complexity index is 363. The van der Waals surface area contributed by atoms with E-state index in [2.05, 4.69) is 24.1 Å². The highest BCUT2D eigenvalue weighted by Crippen LogP contribution is 2.21. The third-order valence-corrected chi connectivity index (χ3v) is 3.78. The van der Waals surface area contributed by atoms with Crippen LogP contribution < -0.4 is 10.2 Å². The summed E-state index contributed by atoms with van der Waals surface area (Å²) in [6.45, 7) is 7.58. The van der Waals surface area contributed by atoms with Gasteiger partial charge in [0.2, 0.25) is 0 Å². The lowest BCUT2D eigenvalue weighted by Gasteiger charge is -2.33. The minimum Gasteiger partial charge on any atom is -0.372 e. The van der Waals surface area contributed by atoms with Gasteiger partial charge in [-0.25, -0.2) is 4.39 Å². The van der Waals surface area contributed by atoms with Gasteiger partial charge in [0.05, 0.1) is 0 Å². The van der Waals surface area contributed by atoms with Crippen LogP contribution in [0.15, 0.2) is 24.3 Å². The second-order valence-corrected chi connectivity index (χ2v) is 5.26. The van der Waals surface area contributed by atoms with E-state index in [9.17, 15) is 4.39 Å². The Morgan fingerprint density at radius 2 is 2.06 bits per heavy atom. The van der Waals surface area contributed by atoms with Crippen LogP contribution in [-0.4, -0.2) is 25.7 Å². The molecule has 0 saturated carbocycles. The number of piperidine rings is 1. The van der Waals surface area contributed by atoms with Gasteiger partial charge in [-0.2, -0.15) is 0 Å². The fraction of sp³-hybridized carbons (Fsp3) is 0.600. The first-order chi connectivity index (χ1) is 8.69. The molecule has 2 rings (SSSR count). The van der Waals surface area contributed by atoms with Gasteiger partial charge < -0.3 is 10.2 Å². The molecule has 1 aliphatic rings. The summed E-state index contributed by atoms with van der Waals surface area (Å²) >= 11 is 0. The quantitative estimate of drug-likeness (QED) is 0.883. The first-order valence-electron chi connectivity index (χ1n) is 6.93. The molecule has 0 radical (unpaired) electrons. The molecule has 3 heteroatoms. The highest BCUT2D eigenvalue weighted by atomic mass is 19.1. The molecule has 0 aromatic heterocycles. The summed E-state index contributed by atoms with van der Waals surface area (Å²) in [5.74, 6) is 0.580. The topological polar surface area (TPSA) is 15.3 Å². The van der Waals surface area contributed by atoms with E-state index in [-0.39, 0.29) is 5.82 Å². The van der Waals surface area contributed by atoms with E-state index in [4.69, 9.17) is 0 Å². The minimum atomic E-state index is -0.162. The Kier molecular flexibility index (Phi) is 4.59. The molecular formula is C15H23FN2. The first kappa shape index (κ1) is 13.3. The summed E-state index contributed by atoms with van der Waals surface area (Å²) in [5, 5.41) is 3.48. The number of rotatable bonds is 4. The second kappa shape index (κ2) is 6.19. The van der Waals surface area contributed by atoms with Crippen molar-refractivity contribution in [3.63, 3.8) is 0 Å². The third kappa shape index (κ3) is 3.45. The second-order valence-electron chi connectivity index (χ2n) is 5.26. The molecule has 1 fully saturated rings. The van der Waals surface area contributed by atoms with Gasteiger partial charge in [0.25, 0.3) is 0 Å². The van der Waals surface area contributed by atoms with Crippen LogP contribution in [-0.2, 0) is 0 Å². The van der Waals surface area contributed by atoms with Crippen molar-refractivity contribution in [2.24, 2.45) is 5.92 Å². The fourth-order valence-electron chi connectivity index (χ4n) is 2.78. The maximum Gasteiger partial charge on any atom is 0.123 e. The molecule has 1 aromatic rings. The molecule has 0 amide bonds. The lowest BCUT2D eigenvalue weighted by Crippen LogP contribution is -2.40. The predicted octanol–water partition coefficient (Wildman–Crippen LogP) is 3.04. The van der Waals surface area contributed by atoms with Gasteiger partial charge in [0, 0.05) is 24.8 Å². The molecular weight excluding hydrogens is 227 g/mol. The van der Waals surface area contributed by atoms with Crippen molar-refractivity contribution in [2.45, 2.75) is 32.7 Å². The minimum absolute atomic E-state index is 0.162. The van der Waals surface area contributed by atoms with E-state index in [1.165, 1.54) is 12.8 Å². The van der Waals surface area contributed by atoms with Crippen LogP contribution in [0.1, 0.15) is 26.7 Å². The highest BCUT2D eigenvalue weighted by molar-refractivity contribution is 5.46. The summed E-state index contributed by atoms with van der Waals surface area (Å²) < 4.78 is 12.9. The number of nitrogens with one attached hydrogen (secondary N) is 1. The summed E-state index contributed by atoms with van der Waals surface area (Å²) in [7, 11) is 0. The first-order valence-corrected chi connectivity index (χ1v) is 6.93. The number of benzene rings is 1. The number of hydrogen-bond acceptors (Lipinski definition) is 2. The van der Waals surface area contributed by atoms with Gasteiger partial charge in [0.15, 0.2) is 0 Å². The predicted molar refractivity (Wildman–Crippen MR) is 74.5 cm³/mol. The molecule has 2 unspecified atom stereocenters. The maximum atomic E-state index is 12.9. The lowest BCUT2D eigenvalue weighted by molar-refractivity contribution is 0.317. The van der Waals surface area contributed by atoms with Crippen molar-refractivity contribution in [3.8, 4) is 0 Å². The number of anilines is 1. The summed E-state index contributed by atoms with van der Waals surface area (Å²) in [6, 6.07) is 7.47. The number of hydrogen-bond donors (Lipinski definition) is 1. The van der Waals surface area contributed by atoms with Gasteiger partial charge in [-0.3, -0.25) is 0 Å². The van der Waals surface area contributed by atoms with Crippen molar-refractivity contribution in [1.82, 2.24) is 5.32 Å². The standard InChI is InChI=1S/C15H23FN2/c1-3-18(15-6-4-14(16)5-7-15)11-13-8-9-17-12(2)10-13/h4-7,12-13,17H,3,8-11H2,1-2H3. The Morgan fingerprint density at radius 1 is 1.33 bits per heavy atom. The molecule has 1 heterocycles. The van der Waals surface area contributed by atoms with Crippen molar-refractivity contribution in [2.75, 3.05) is 24.5 Å². The Labute approximate surface area is 109 Å². The monoisotopic (exact) mass is 250 g/mol.